The number of aryl methyl sites for hydroxylation is 2. The Labute approximate surface area is 123 Å². The zero-order chi connectivity index (χ0) is 14.7. The Morgan fingerprint density at radius 2 is 2.24 bits per heavy atom. The molecule has 0 saturated heterocycles. The lowest BCUT2D eigenvalue weighted by Crippen LogP contribution is -2.29. The minimum atomic E-state index is -0.200. The minimum Gasteiger partial charge on any atom is -0.342 e. The van der Waals surface area contributed by atoms with Crippen molar-refractivity contribution in [2.75, 3.05) is 0 Å². The summed E-state index contributed by atoms with van der Waals surface area (Å²) in [4.78, 5) is 12.4. The van der Waals surface area contributed by atoms with Crippen molar-refractivity contribution in [1.29, 1.82) is 0 Å². The first-order valence-electron chi connectivity index (χ1n) is 7.44. The fourth-order valence-electron chi connectivity index (χ4n) is 2.83. The van der Waals surface area contributed by atoms with Crippen LogP contribution in [0.5, 0.6) is 0 Å². The van der Waals surface area contributed by atoms with Crippen molar-refractivity contribution in [1.82, 2.24) is 25.9 Å². The molecule has 3 rings (SSSR count). The Balaban J connectivity index is 1.75. The van der Waals surface area contributed by atoms with Crippen LogP contribution < -0.4 is 5.32 Å². The molecule has 0 fully saturated rings. The molecule has 0 saturated carbocycles. The Kier molecular flexibility index (Phi) is 3.94. The van der Waals surface area contributed by atoms with Gasteiger partial charge in [-0.05, 0) is 48.9 Å². The van der Waals surface area contributed by atoms with Crippen molar-refractivity contribution >= 4 is 5.91 Å². The van der Waals surface area contributed by atoms with Crippen molar-refractivity contribution in [2.24, 2.45) is 0 Å². The van der Waals surface area contributed by atoms with Crippen molar-refractivity contribution < 1.29 is 4.79 Å². The standard InChI is InChI=1S/C15H19N5O/c1-2-4-13(14-17-19-20-18-14)16-15(21)12-8-7-10-5-3-6-11(10)9-12/h7-9,13H,2-6H2,1H3,(H,16,21)(H,17,18,19,20). The van der Waals surface area contributed by atoms with E-state index in [0.717, 1.165) is 25.7 Å². The van der Waals surface area contributed by atoms with Gasteiger partial charge < -0.3 is 5.32 Å². The average Bonchev–Trinajstić information content (AvgIpc) is 3.17. The van der Waals surface area contributed by atoms with E-state index in [1.165, 1.54) is 17.5 Å². The molecule has 1 amide bonds. The van der Waals surface area contributed by atoms with Crippen LogP contribution in [0.2, 0.25) is 0 Å². The number of amides is 1. The summed E-state index contributed by atoms with van der Waals surface area (Å²) in [6.07, 6.45) is 5.10. The van der Waals surface area contributed by atoms with Gasteiger partial charge in [-0.25, -0.2) is 0 Å². The summed E-state index contributed by atoms with van der Waals surface area (Å²) in [5.74, 6) is 0.458. The maximum Gasteiger partial charge on any atom is 0.251 e. The van der Waals surface area contributed by atoms with E-state index < -0.39 is 0 Å². The number of aromatic nitrogens is 4. The molecule has 1 heterocycles. The number of H-pyrrole nitrogens is 1. The second-order valence-electron chi connectivity index (χ2n) is 5.42. The second kappa shape index (κ2) is 6.03. The van der Waals surface area contributed by atoms with E-state index in [4.69, 9.17) is 0 Å². The molecule has 1 unspecified atom stereocenters. The van der Waals surface area contributed by atoms with E-state index in [2.05, 4.69) is 38.9 Å². The topological polar surface area (TPSA) is 83.6 Å². The number of hydrogen-bond donors (Lipinski definition) is 2. The monoisotopic (exact) mass is 285 g/mol. The second-order valence-corrected chi connectivity index (χ2v) is 5.42. The number of rotatable bonds is 5. The molecule has 0 aliphatic heterocycles. The third-order valence-corrected chi connectivity index (χ3v) is 3.92. The van der Waals surface area contributed by atoms with Gasteiger partial charge in [-0.3, -0.25) is 4.79 Å². The summed E-state index contributed by atoms with van der Waals surface area (Å²) in [7, 11) is 0. The van der Waals surface area contributed by atoms with Crippen LogP contribution in [0.3, 0.4) is 0 Å². The Morgan fingerprint density at radius 3 is 3.00 bits per heavy atom. The summed E-state index contributed by atoms with van der Waals surface area (Å²) in [6.45, 7) is 2.06. The highest BCUT2D eigenvalue weighted by molar-refractivity contribution is 5.94. The van der Waals surface area contributed by atoms with Crippen molar-refractivity contribution in [3.8, 4) is 0 Å². The number of fused-ring (bicyclic) bond motifs is 1. The smallest absolute Gasteiger partial charge is 0.251 e. The molecule has 1 atom stereocenters. The third-order valence-electron chi connectivity index (χ3n) is 3.92. The van der Waals surface area contributed by atoms with Gasteiger partial charge in [0, 0.05) is 5.56 Å². The molecular formula is C15H19N5O. The predicted molar refractivity (Wildman–Crippen MR) is 77.8 cm³/mol. The number of nitrogens with one attached hydrogen (secondary N) is 2. The molecule has 0 spiro atoms. The lowest BCUT2D eigenvalue weighted by molar-refractivity contribution is 0.0932. The lowest BCUT2D eigenvalue weighted by atomic mass is 10.1. The number of carbonyl (C=O) groups excluding carboxylic acids is 1. The van der Waals surface area contributed by atoms with Gasteiger partial charge in [0.25, 0.3) is 5.91 Å². The van der Waals surface area contributed by atoms with Crippen LogP contribution in [0.4, 0.5) is 0 Å². The Bertz CT molecular complexity index is 623. The van der Waals surface area contributed by atoms with Crippen LogP contribution in [0.1, 0.15) is 59.5 Å². The predicted octanol–water partition coefficient (Wildman–Crippen LogP) is 1.96. The van der Waals surface area contributed by atoms with Gasteiger partial charge >= 0.3 is 0 Å². The van der Waals surface area contributed by atoms with E-state index in [0.29, 0.717) is 11.4 Å². The van der Waals surface area contributed by atoms with Gasteiger partial charge in [0.1, 0.15) is 0 Å². The number of benzene rings is 1. The van der Waals surface area contributed by atoms with E-state index in [1.807, 2.05) is 12.1 Å². The van der Waals surface area contributed by atoms with Crippen LogP contribution in [0.25, 0.3) is 0 Å². The fraction of sp³-hybridized carbons (Fsp3) is 0.467. The van der Waals surface area contributed by atoms with Crippen LogP contribution in [-0.4, -0.2) is 26.5 Å². The highest BCUT2D eigenvalue weighted by Gasteiger charge is 2.20. The zero-order valence-corrected chi connectivity index (χ0v) is 12.1. The van der Waals surface area contributed by atoms with Crippen molar-refractivity contribution in [3.63, 3.8) is 0 Å². The molecule has 1 aromatic heterocycles. The first kappa shape index (κ1) is 13.7. The molecule has 21 heavy (non-hydrogen) atoms. The molecular weight excluding hydrogens is 266 g/mol. The van der Waals surface area contributed by atoms with Gasteiger partial charge in [-0.15, -0.1) is 10.2 Å². The maximum atomic E-state index is 12.4. The molecule has 2 N–H and O–H groups in total. The molecule has 0 radical (unpaired) electrons. The summed E-state index contributed by atoms with van der Waals surface area (Å²) in [5.41, 5.74) is 3.38. The summed E-state index contributed by atoms with van der Waals surface area (Å²) in [5, 5.41) is 17.0. The number of carbonyl (C=O) groups is 1. The largest absolute Gasteiger partial charge is 0.342 e. The number of nitrogens with zero attached hydrogens (tertiary/aromatic N) is 3. The van der Waals surface area contributed by atoms with Crippen LogP contribution in [0.15, 0.2) is 18.2 Å². The molecule has 1 aliphatic carbocycles. The van der Waals surface area contributed by atoms with E-state index >= 15 is 0 Å². The van der Waals surface area contributed by atoms with Crippen LogP contribution >= 0.6 is 0 Å². The van der Waals surface area contributed by atoms with Gasteiger partial charge in [-0.2, -0.15) is 5.21 Å². The normalized spacial score (nSPS) is 14.7. The highest BCUT2D eigenvalue weighted by Crippen LogP contribution is 2.23. The third kappa shape index (κ3) is 2.94. The van der Waals surface area contributed by atoms with Crippen LogP contribution in [-0.2, 0) is 12.8 Å². The van der Waals surface area contributed by atoms with E-state index in [1.54, 1.807) is 0 Å². The van der Waals surface area contributed by atoms with E-state index in [-0.39, 0.29) is 11.9 Å². The number of aromatic amines is 1. The number of tetrazole rings is 1. The fourth-order valence-corrected chi connectivity index (χ4v) is 2.83. The molecule has 110 valence electrons. The first-order chi connectivity index (χ1) is 10.3. The number of hydrogen-bond acceptors (Lipinski definition) is 4. The van der Waals surface area contributed by atoms with E-state index in [9.17, 15) is 4.79 Å². The first-order valence-corrected chi connectivity index (χ1v) is 7.44. The molecule has 2 aromatic rings. The van der Waals surface area contributed by atoms with Gasteiger partial charge in [-0.1, -0.05) is 24.6 Å². The summed E-state index contributed by atoms with van der Waals surface area (Å²) >= 11 is 0. The van der Waals surface area contributed by atoms with Gasteiger partial charge in [0.15, 0.2) is 5.82 Å². The van der Waals surface area contributed by atoms with Gasteiger partial charge in [0.2, 0.25) is 0 Å². The summed E-state index contributed by atoms with van der Waals surface area (Å²) in [6, 6.07) is 5.78. The highest BCUT2D eigenvalue weighted by atomic mass is 16.1. The molecule has 1 aliphatic rings. The van der Waals surface area contributed by atoms with Crippen LogP contribution in [0, 0.1) is 0 Å². The molecule has 1 aromatic carbocycles. The Morgan fingerprint density at radius 1 is 1.38 bits per heavy atom. The van der Waals surface area contributed by atoms with Crippen molar-refractivity contribution in [2.45, 2.75) is 45.1 Å². The molecule has 6 heteroatoms. The summed E-state index contributed by atoms with van der Waals surface area (Å²) < 4.78 is 0. The zero-order valence-electron chi connectivity index (χ0n) is 12.1. The maximum absolute atomic E-state index is 12.4. The van der Waals surface area contributed by atoms with Crippen molar-refractivity contribution in [3.05, 3.63) is 40.7 Å². The minimum absolute atomic E-state index is 0.0760. The lowest BCUT2D eigenvalue weighted by Gasteiger charge is -2.15. The van der Waals surface area contributed by atoms with Gasteiger partial charge in [0.05, 0.1) is 6.04 Å². The molecule has 0 bridgehead atoms. The molecule has 6 nitrogen and oxygen atoms in total. The Hall–Kier alpha value is -2.24. The SMILES string of the molecule is CCCC(NC(=O)c1ccc2c(c1)CCC2)c1nn[nH]n1. The average molecular weight is 285 g/mol. The quantitative estimate of drug-likeness (QED) is 0.879.